The lowest BCUT2D eigenvalue weighted by molar-refractivity contribution is -0.180. The van der Waals surface area contributed by atoms with Gasteiger partial charge in [-0.2, -0.15) is 0 Å². The van der Waals surface area contributed by atoms with Crippen molar-refractivity contribution in [2.75, 3.05) is 11.9 Å². The van der Waals surface area contributed by atoms with E-state index in [4.69, 9.17) is 9.15 Å². The summed E-state index contributed by atoms with van der Waals surface area (Å²) in [5.41, 5.74) is 1.56. The molecule has 2 aliphatic rings. The lowest BCUT2D eigenvalue weighted by Gasteiger charge is -2.41. The summed E-state index contributed by atoms with van der Waals surface area (Å²) >= 11 is 0. The van der Waals surface area contributed by atoms with Crippen LogP contribution in [0.1, 0.15) is 31.2 Å². The zero-order valence-corrected chi connectivity index (χ0v) is 14.5. The fourth-order valence-corrected chi connectivity index (χ4v) is 3.59. The highest BCUT2D eigenvalue weighted by atomic mass is 16.5. The van der Waals surface area contributed by atoms with Crippen LogP contribution < -0.4 is 10.9 Å². The molecule has 1 aromatic carbocycles. The number of rotatable bonds is 4. The molecule has 2 heterocycles. The Morgan fingerprint density at radius 2 is 1.96 bits per heavy atom. The van der Waals surface area contributed by atoms with E-state index in [1.165, 1.54) is 0 Å². The van der Waals surface area contributed by atoms with E-state index >= 15 is 0 Å². The van der Waals surface area contributed by atoms with Gasteiger partial charge in [0.05, 0.1) is 18.8 Å². The summed E-state index contributed by atoms with van der Waals surface area (Å²) in [5.74, 6) is 0.324. The van der Waals surface area contributed by atoms with Crippen LogP contribution in [-0.4, -0.2) is 52.4 Å². The predicted octanol–water partition coefficient (Wildman–Crippen LogP) is 0.952. The van der Waals surface area contributed by atoms with E-state index in [0.717, 1.165) is 23.8 Å². The second kappa shape index (κ2) is 6.66. The standard InChI is InChI=1S/C19H23NO6/c1-9-16(18(23)17(22)15(8-21)25-9)20-12-5-4-11-6-13(10-2-3-10)19(24)26-14(11)7-12/h4-7,9-10,15-18,20-23H,2-3,8H2,1H3. The molecule has 0 radical (unpaired) electrons. The maximum absolute atomic E-state index is 12.1. The molecule has 2 fully saturated rings. The first kappa shape index (κ1) is 17.5. The highest BCUT2D eigenvalue weighted by Crippen LogP contribution is 2.39. The van der Waals surface area contributed by atoms with Crippen molar-refractivity contribution in [3.8, 4) is 0 Å². The molecule has 7 nitrogen and oxygen atoms in total. The van der Waals surface area contributed by atoms with Gasteiger partial charge in [-0.3, -0.25) is 0 Å². The summed E-state index contributed by atoms with van der Waals surface area (Å²) in [6.45, 7) is 1.40. The Bertz CT molecular complexity index is 861. The zero-order chi connectivity index (χ0) is 18.4. The van der Waals surface area contributed by atoms with Crippen molar-refractivity contribution in [1.29, 1.82) is 0 Å². The number of benzene rings is 1. The molecular formula is C19H23NO6. The van der Waals surface area contributed by atoms with Crippen LogP contribution in [0.4, 0.5) is 5.69 Å². The minimum absolute atomic E-state index is 0.298. The quantitative estimate of drug-likeness (QED) is 0.600. The largest absolute Gasteiger partial charge is 0.422 e. The summed E-state index contributed by atoms with van der Waals surface area (Å²) in [7, 11) is 0. The van der Waals surface area contributed by atoms with Crippen molar-refractivity contribution in [1.82, 2.24) is 0 Å². The van der Waals surface area contributed by atoms with Crippen LogP contribution in [-0.2, 0) is 4.74 Å². The molecular weight excluding hydrogens is 338 g/mol. The van der Waals surface area contributed by atoms with Crippen LogP contribution in [0.3, 0.4) is 0 Å². The molecule has 0 amide bonds. The van der Waals surface area contributed by atoms with E-state index in [-0.39, 0.29) is 12.2 Å². The topological polar surface area (TPSA) is 112 Å². The number of ether oxygens (including phenoxy) is 1. The molecule has 4 N–H and O–H groups in total. The molecule has 4 rings (SSSR count). The average Bonchev–Trinajstić information content (AvgIpc) is 3.46. The van der Waals surface area contributed by atoms with Crippen molar-refractivity contribution in [2.45, 2.75) is 56.1 Å². The van der Waals surface area contributed by atoms with Gasteiger partial charge in [0.25, 0.3) is 0 Å². The van der Waals surface area contributed by atoms with Crippen molar-refractivity contribution in [2.24, 2.45) is 0 Å². The van der Waals surface area contributed by atoms with Gasteiger partial charge in [0, 0.05) is 22.7 Å². The van der Waals surface area contributed by atoms with Gasteiger partial charge in [0.1, 0.15) is 23.9 Å². The molecule has 1 saturated heterocycles. The van der Waals surface area contributed by atoms with Crippen LogP contribution in [0, 0.1) is 0 Å². The number of hydrogen-bond donors (Lipinski definition) is 4. The fraction of sp³-hybridized carbons (Fsp3) is 0.526. The molecule has 0 spiro atoms. The SMILES string of the molecule is CC1OC(CO)C(O)C(O)C1Nc1ccc2cc(C3CC3)c(=O)oc2c1. The predicted molar refractivity (Wildman–Crippen MR) is 95.3 cm³/mol. The highest BCUT2D eigenvalue weighted by Gasteiger charge is 2.42. The Morgan fingerprint density at radius 3 is 2.65 bits per heavy atom. The second-order valence-corrected chi connectivity index (χ2v) is 7.23. The number of aliphatic hydroxyl groups is 3. The summed E-state index contributed by atoms with van der Waals surface area (Å²) in [4.78, 5) is 12.1. The van der Waals surface area contributed by atoms with Gasteiger partial charge in [-0.1, -0.05) is 0 Å². The normalized spacial score (nSPS) is 31.9. The minimum atomic E-state index is -1.19. The van der Waals surface area contributed by atoms with Crippen molar-refractivity contribution < 1.29 is 24.5 Å². The number of fused-ring (bicyclic) bond motifs is 1. The van der Waals surface area contributed by atoms with Crippen LogP contribution in [0.5, 0.6) is 0 Å². The highest BCUT2D eigenvalue weighted by molar-refractivity contribution is 5.81. The minimum Gasteiger partial charge on any atom is -0.422 e. The molecule has 1 aliphatic carbocycles. The first-order valence-corrected chi connectivity index (χ1v) is 8.94. The third kappa shape index (κ3) is 3.12. The molecule has 0 bridgehead atoms. The van der Waals surface area contributed by atoms with Crippen LogP contribution >= 0.6 is 0 Å². The Hall–Kier alpha value is -1.93. The Balaban J connectivity index is 1.59. The van der Waals surface area contributed by atoms with Crippen LogP contribution in [0.15, 0.2) is 33.5 Å². The van der Waals surface area contributed by atoms with E-state index in [2.05, 4.69) is 5.32 Å². The molecule has 1 aliphatic heterocycles. The first-order chi connectivity index (χ1) is 12.5. The van der Waals surface area contributed by atoms with Gasteiger partial charge in [0.15, 0.2) is 0 Å². The average molecular weight is 361 g/mol. The van der Waals surface area contributed by atoms with Gasteiger partial charge in [-0.05, 0) is 43.9 Å². The van der Waals surface area contributed by atoms with Gasteiger partial charge >= 0.3 is 5.63 Å². The Kier molecular flexibility index (Phi) is 4.48. The number of hydrogen-bond acceptors (Lipinski definition) is 7. The maximum atomic E-state index is 12.1. The third-order valence-corrected chi connectivity index (χ3v) is 5.29. The summed E-state index contributed by atoms with van der Waals surface area (Å²) < 4.78 is 11.0. The van der Waals surface area contributed by atoms with Crippen molar-refractivity contribution in [3.05, 3.63) is 40.2 Å². The van der Waals surface area contributed by atoms with Crippen LogP contribution in [0.2, 0.25) is 0 Å². The lowest BCUT2D eigenvalue weighted by Crippen LogP contribution is -2.60. The van der Waals surface area contributed by atoms with Gasteiger partial charge in [0.2, 0.25) is 0 Å². The molecule has 140 valence electrons. The molecule has 2 aromatic rings. The number of nitrogens with one attached hydrogen (secondary N) is 1. The summed E-state index contributed by atoms with van der Waals surface area (Å²) in [6, 6.07) is 6.72. The van der Waals surface area contributed by atoms with E-state index < -0.39 is 30.5 Å². The van der Waals surface area contributed by atoms with Gasteiger partial charge in [-0.15, -0.1) is 0 Å². The number of aliphatic hydroxyl groups excluding tert-OH is 3. The molecule has 5 atom stereocenters. The molecule has 5 unspecified atom stereocenters. The van der Waals surface area contributed by atoms with E-state index in [9.17, 15) is 20.1 Å². The van der Waals surface area contributed by atoms with Crippen LogP contribution in [0.25, 0.3) is 11.0 Å². The van der Waals surface area contributed by atoms with Crippen molar-refractivity contribution in [3.63, 3.8) is 0 Å². The fourth-order valence-electron chi connectivity index (χ4n) is 3.59. The Morgan fingerprint density at radius 1 is 1.19 bits per heavy atom. The molecule has 7 heteroatoms. The second-order valence-electron chi connectivity index (χ2n) is 7.23. The first-order valence-electron chi connectivity index (χ1n) is 8.94. The van der Waals surface area contributed by atoms with E-state index in [1.807, 2.05) is 18.2 Å². The van der Waals surface area contributed by atoms with Crippen molar-refractivity contribution >= 4 is 16.7 Å². The van der Waals surface area contributed by atoms with E-state index in [0.29, 0.717) is 17.2 Å². The third-order valence-electron chi connectivity index (χ3n) is 5.29. The summed E-state index contributed by atoms with van der Waals surface area (Å²) in [6.07, 6.45) is -1.46. The lowest BCUT2D eigenvalue weighted by atomic mass is 9.93. The smallest absolute Gasteiger partial charge is 0.339 e. The number of anilines is 1. The maximum Gasteiger partial charge on any atom is 0.339 e. The Labute approximate surface area is 150 Å². The molecule has 1 saturated carbocycles. The zero-order valence-electron chi connectivity index (χ0n) is 14.5. The monoisotopic (exact) mass is 361 g/mol. The molecule has 1 aromatic heterocycles. The molecule has 26 heavy (non-hydrogen) atoms. The van der Waals surface area contributed by atoms with Gasteiger partial charge < -0.3 is 29.8 Å². The van der Waals surface area contributed by atoms with Gasteiger partial charge in [-0.25, -0.2) is 4.79 Å². The van der Waals surface area contributed by atoms with E-state index in [1.54, 1.807) is 13.0 Å². The summed E-state index contributed by atoms with van der Waals surface area (Å²) in [5, 5.41) is 33.6.